The Labute approximate surface area is 189 Å². The second-order valence-corrected chi connectivity index (χ2v) is 7.02. The first-order valence-electron chi connectivity index (χ1n) is 10.0. The number of hydrogen-bond donors (Lipinski definition) is 3. The Morgan fingerprint density at radius 1 is 0.903 bits per heavy atom. The molecule has 0 spiro atoms. The lowest BCUT2D eigenvalue weighted by Gasteiger charge is -2.15. The van der Waals surface area contributed by atoms with E-state index < -0.39 is 6.10 Å². The number of halogens is 1. The molecule has 0 aliphatic carbocycles. The Kier molecular flexibility index (Phi) is 8.00. The lowest BCUT2D eigenvalue weighted by molar-refractivity contribution is -0.00000854. The van der Waals surface area contributed by atoms with Crippen molar-refractivity contribution in [2.75, 3.05) is 33.4 Å². The summed E-state index contributed by atoms with van der Waals surface area (Å²) in [5, 5.41) is 15.6. The fourth-order valence-corrected chi connectivity index (χ4v) is 3.47. The number of rotatable bonds is 10. The van der Waals surface area contributed by atoms with E-state index in [1.807, 2.05) is 60.7 Å². The van der Waals surface area contributed by atoms with Gasteiger partial charge in [-0.1, -0.05) is 36.4 Å². The van der Waals surface area contributed by atoms with Crippen LogP contribution < -0.4 is 31.9 Å². The second-order valence-electron chi connectivity index (χ2n) is 7.02. The smallest absolute Gasteiger partial charge is 1.00 e. The number of aromatic nitrogens is 1. The monoisotopic (exact) mass is 442 g/mol. The van der Waals surface area contributed by atoms with Gasteiger partial charge in [0, 0.05) is 29.4 Å². The highest BCUT2D eigenvalue weighted by Gasteiger charge is 2.11. The average molecular weight is 443 g/mol. The second kappa shape index (κ2) is 10.9. The van der Waals surface area contributed by atoms with Crippen LogP contribution in [0, 0.1) is 0 Å². The molecular formula is C24H27ClN2O4. The molecule has 6 nitrogen and oxygen atoms in total. The molecule has 4 rings (SSSR count). The van der Waals surface area contributed by atoms with Crippen molar-refractivity contribution >= 4 is 21.8 Å². The lowest BCUT2D eigenvalue weighted by atomic mass is 10.1. The lowest BCUT2D eigenvalue weighted by Crippen LogP contribution is -3.00. The van der Waals surface area contributed by atoms with Gasteiger partial charge in [-0.05, 0) is 30.3 Å². The van der Waals surface area contributed by atoms with Crippen LogP contribution in [0.1, 0.15) is 1.43 Å². The fraction of sp³-hybridized carbons (Fsp3) is 0.250. The van der Waals surface area contributed by atoms with Crippen molar-refractivity contribution in [1.82, 2.24) is 10.3 Å². The van der Waals surface area contributed by atoms with Crippen molar-refractivity contribution in [3.63, 3.8) is 0 Å². The maximum absolute atomic E-state index is 10.3. The number of benzene rings is 3. The van der Waals surface area contributed by atoms with Gasteiger partial charge in [0.2, 0.25) is 0 Å². The van der Waals surface area contributed by atoms with Gasteiger partial charge in [-0.2, -0.15) is 0 Å². The number of aliphatic hydroxyl groups is 1. The summed E-state index contributed by atoms with van der Waals surface area (Å²) in [5.74, 6) is 2.18. The molecule has 0 aliphatic heterocycles. The number of aromatic amines is 1. The van der Waals surface area contributed by atoms with Crippen LogP contribution in [0.4, 0.5) is 0 Å². The molecular weight excluding hydrogens is 416 g/mol. The standard InChI is InChI=1S/C24H26N2O4.ClH/c1-28-21-10-4-5-11-22(21)29-14-13-25-15-17(27)16-30-23-12-6-9-20-24(23)18-7-2-3-8-19(18)26-20;/h2-12,17,25-27H,13-16H2,1H3;1H. The van der Waals surface area contributed by atoms with Gasteiger partial charge in [0.15, 0.2) is 11.5 Å². The van der Waals surface area contributed by atoms with Gasteiger partial charge in [0.05, 0.1) is 12.6 Å². The topological polar surface area (TPSA) is 75.7 Å². The summed E-state index contributed by atoms with van der Waals surface area (Å²) >= 11 is 0. The molecule has 0 amide bonds. The predicted octanol–water partition coefficient (Wildman–Crippen LogP) is 0.854. The van der Waals surface area contributed by atoms with Crippen molar-refractivity contribution in [3.05, 3.63) is 66.7 Å². The molecule has 31 heavy (non-hydrogen) atoms. The zero-order chi connectivity index (χ0) is 20.8. The van der Waals surface area contributed by atoms with Gasteiger partial charge in [-0.15, -0.1) is 0 Å². The number of methoxy groups -OCH3 is 1. The molecule has 0 aliphatic rings. The van der Waals surface area contributed by atoms with E-state index in [1.54, 1.807) is 7.11 Å². The molecule has 164 valence electrons. The highest BCUT2D eigenvalue weighted by atomic mass is 35.5. The van der Waals surface area contributed by atoms with E-state index in [4.69, 9.17) is 14.2 Å². The molecule has 7 heteroatoms. The minimum Gasteiger partial charge on any atom is -1.00 e. The SMILES string of the molecule is COc1ccccc1OCCNCC(O)COc1cccc2[nH]c3ccccc3c12.[Cl-].[H+]. The molecule has 1 heterocycles. The Morgan fingerprint density at radius 3 is 2.45 bits per heavy atom. The van der Waals surface area contributed by atoms with Crippen molar-refractivity contribution in [2.45, 2.75) is 6.10 Å². The van der Waals surface area contributed by atoms with Gasteiger partial charge in [-0.3, -0.25) is 0 Å². The summed E-state index contributed by atoms with van der Waals surface area (Å²) in [6.45, 7) is 1.70. The van der Waals surface area contributed by atoms with Gasteiger partial charge < -0.3 is 42.0 Å². The van der Waals surface area contributed by atoms with Crippen molar-refractivity contribution < 1.29 is 33.2 Å². The minimum atomic E-state index is -0.628. The van der Waals surface area contributed by atoms with Crippen LogP contribution in [0.5, 0.6) is 17.2 Å². The summed E-state index contributed by atoms with van der Waals surface area (Å²) in [6.07, 6.45) is -0.628. The molecule has 0 radical (unpaired) electrons. The van der Waals surface area contributed by atoms with E-state index in [9.17, 15) is 5.11 Å². The molecule has 3 aromatic carbocycles. The largest absolute Gasteiger partial charge is 1.00 e. The Balaban J connectivity index is 0.00000181. The number of para-hydroxylation sites is 3. The maximum atomic E-state index is 10.3. The fourth-order valence-electron chi connectivity index (χ4n) is 3.47. The number of fused-ring (bicyclic) bond motifs is 3. The Morgan fingerprint density at radius 2 is 1.61 bits per heavy atom. The van der Waals surface area contributed by atoms with E-state index >= 15 is 0 Å². The van der Waals surface area contributed by atoms with Crippen LogP contribution in [0.3, 0.4) is 0 Å². The first-order valence-corrected chi connectivity index (χ1v) is 10.0. The summed E-state index contributed by atoms with van der Waals surface area (Å²) in [6, 6.07) is 21.6. The molecule has 0 saturated heterocycles. The third-order valence-corrected chi connectivity index (χ3v) is 4.91. The van der Waals surface area contributed by atoms with Crippen LogP contribution in [0.2, 0.25) is 0 Å². The summed E-state index contributed by atoms with van der Waals surface area (Å²) in [4.78, 5) is 3.40. The molecule has 1 aromatic heterocycles. The number of H-pyrrole nitrogens is 1. The highest BCUT2D eigenvalue weighted by Crippen LogP contribution is 2.33. The summed E-state index contributed by atoms with van der Waals surface area (Å²) in [5.41, 5.74) is 2.09. The Bertz CT molecular complexity index is 1120. The van der Waals surface area contributed by atoms with Crippen molar-refractivity contribution in [3.8, 4) is 17.2 Å². The van der Waals surface area contributed by atoms with Crippen molar-refractivity contribution in [1.29, 1.82) is 0 Å². The quantitative estimate of drug-likeness (QED) is 0.318. The average Bonchev–Trinajstić information content (AvgIpc) is 3.17. The number of nitrogens with one attached hydrogen (secondary N) is 2. The van der Waals surface area contributed by atoms with Gasteiger partial charge in [0.25, 0.3) is 0 Å². The van der Waals surface area contributed by atoms with E-state index in [1.165, 1.54) is 0 Å². The first kappa shape index (κ1) is 22.7. The van der Waals surface area contributed by atoms with Gasteiger partial charge in [0.1, 0.15) is 25.1 Å². The normalized spacial score (nSPS) is 11.8. The third-order valence-electron chi connectivity index (χ3n) is 4.91. The molecule has 1 unspecified atom stereocenters. The zero-order valence-corrected chi connectivity index (χ0v) is 18.1. The minimum absolute atomic E-state index is 0. The molecule has 0 fully saturated rings. The van der Waals surface area contributed by atoms with Crippen LogP contribution in [-0.4, -0.2) is 49.6 Å². The molecule has 0 saturated carbocycles. The van der Waals surface area contributed by atoms with Gasteiger partial charge >= 0.3 is 1.43 Å². The third kappa shape index (κ3) is 5.41. The molecule has 0 bridgehead atoms. The van der Waals surface area contributed by atoms with Crippen LogP contribution in [0.15, 0.2) is 66.7 Å². The van der Waals surface area contributed by atoms with Crippen LogP contribution in [-0.2, 0) is 0 Å². The molecule has 4 aromatic rings. The van der Waals surface area contributed by atoms with E-state index in [2.05, 4.69) is 16.4 Å². The summed E-state index contributed by atoms with van der Waals surface area (Å²) < 4.78 is 16.9. The Hall–Kier alpha value is -2.93. The highest BCUT2D eigenvalue weighted by molar-refractivity contribution is 6.10. The summed E-state index contributed by atoms with van der Waals surface area (Å²) in [7, 11) is 1.62. The van der Waals surface area contributed by atoms with E-state index in [-0.39, 0.29) is 20.4 Å². The molecule has 1 atom stereocenters. The predicted molar refractivity (Wildman–Crippen MR) is 120 cm³/mol. The zero-order valence-electron chi connectivity index (χ0n) is 18.3. The number of hydrogen-bond acceptors (Lipinski definition) is 5. The van der Waals surface area contributed by atoms with Crippen LogP contribution >= 0.6 is 0 Å². The first-order chi connectivity index (χ1) is 14.8. The number of aliphatic hydroxyl groups excluding tert-OH is 1. The van der Waals surface area contributed by atoms with E-state index in [0.717, 1.165) is 27.6 Å². The molecule has 3 N–H and O–H groups in total. The van der Waals surface area contributed by atoms with Gasteiger partial charge in [-0.25, -0.2) is 0 Å². The van der Waals surface area contributed by atoms with Crippen LogP contribution in [0.25, 0.3) is 21.8 Å². The number of ether oxygens (including phenoxy) is 3. The van der Waals surface area contributed by atoms with Crippen molar-refractivity contribution in [2.24, 2.45) is 0 Å². The maximum Gasteiger partial charge on any atom is 1.00 e. The van der Waals surface area contributed by atoms with E-state index in [0.29, 0.717) is 31.2 Å².